The molecular formula is C21H33N3O2. The van der Waals surface area contributed by atoms with Gasteiger partial charge in [-0.05, 0) is 38.7 Å². The van der Waals surface area contributed by atoms with Crippen molar-refractivity contribution in [1.29, 1.82) is 0 Å². The highest BCUT2D eigenvalue weighted by atomic mass is 16.6. The van der Waals surface area contributed by atoms with Gasteiger partial charge in [0, 0.05) is 51.9 Å². The summed E-state index contributed by atoms with van der Waals surface area (Å²) < 4.78 is 5.34. The minimum absolute atomic E-state index is 0.0557. The maximum Gasteiger partial charge on any atom is 0.410 e. The molecule has 5 heteroatoms. The van der Waals surface area contributed by atoms with Crippen LogP contribution in [0.15, 0.2) is 30.3 Å². The number of carbonyl (C=O) groups excluding carboxylic acids is 1. The van der Waals surface area contributed by atoms with Gasteiger partial charge in [0.2, 0.25) is 0 Å². The quantitative estimate of drug-likeness (QED) is 0.809. The smallest absolute Gasteiger partial charge is 0.410 e. The molecule has 2 atom stereocenters. The Morgan fingerprint density at radius 3 is 2.50 bits per heavy atom. The molecule has 1 saturated heterocycles. The van der Waals surface area contributed by atoms with E-state index >= 15 is 0 Å². The number of hydrogen-bond acceptors (Lipinski definition) is 4. The fourth-order valence-electron chi connectivity index (χ4n) is 4.18. The zero-order valence-corrected chi connectivity index (χ0v) is 16.4. The van der Waals surface area contributed by atoms with Crippen LogP contribution >= 0.6 is 0 Å². The van der Waals surface area contributed by atoms with Crippen LogP contribution in [0.5, 0.6) is 0 Å². The van der Waals surface area contributed by atoms with Crippen molar-refractivity contribution in [2.45, 2.75) is 57.8 Å². The summed E-state index contributed by atoms with van der Waals surface area (Å²) in [7, 11) is 1.88. The Bertz CT molecular complexity index is 570. The first-order valence-corrected chi connectivity index (χ1v) is 9.96. The van der Waals surface area contributed by atoms with Gasteiger partial charge in [-0.3, -0.25) is 9.80 Å². The molecule has 0 unspecified atom stereocenters. The van der Waals surface area contributed by atoms with Crippen molar-refractivity contribution in [2.75, 3.05) is 33.2 Å². The predicted molar refractivity (Wildman–Crippen MR) is 104 cm³/mol. The van der Waals surface area contributed by atoms with Crippen molar-refractivity contribution in [3.05, 3.63) is 35.9 Å². The van der Waals surface area contributed by atoms with Crippen LogP contribution in [0.2, 0.25) is 0 Å². The molecule has 1 saturated carbocycles. The molecule has 1 aromatic carbocycles. The zero-order valence-electron chi connectivity index (χ0n) is 16.4. The standard InChI is InChI=1S/C21H33N3O2/c1-17(2)26-21(25)22(3)19-9-10-20(15-19)24-13-11-23(12-14-24)16-18-7-5-4-6-8-18/h4-8,17,19-20H,9-16H2,1-3H3/t19-,20+/m1/s1. The molecular weight excluding hydrogens is 326 g/mol. The van der Waals surface area contributed by atoms with Crippen LogP contribution in [0.3, 0.4) is 0 Å². The van der Waals surface area contributed by atoms with Gasteiger partial charge in [-0.2, -0.15) is 0 Å². The summed E-state index contributed by atoms with van der Waals surface area (Å²) in [5.41, 5.74) is 1.40. The van der Waals surface area contributed by atoms with Gasteiger partial charge in [-0.15, -0.1) is 0 Å². The zero-order chi connectivity index (χ0) is 18.5. The maximum absolute atomic E-state index is 12.1. The van der Waals surface area contributed by atoms with Crippen molar-refractivity contribution in [1.82, 2.24) is 14.7 Å². The lowest BCUT2D eigenvalue weighted by atomic mass is 10.1. The number of ether oxygens (including phenoxy) is 1. The molecule has 1 amide bonds. The summed E-state index contributed by atoms with van der Waals surface area (Å²) in [6.07, 6.45) is 3.10. The molecule has 1 aromatic rings. The van der Waals surface area contributed by atoms with E-state index in [2.05, 4.69) is 40.1 Å². The summed E-state index contributed by atoms with van der Waals surface area (Å²) in [4.78, 5) is 19.1. The van der Waals surface area contributed by atoms with Crippen LogP contribution in [0.4, 0.5) is 4.79 Å². The summed E-state index contributed by atoms with van der Waals surface area (Å²) >= 11 is 0. The number of piperazine rings is 1. The van der Waals surface area contributed by atoms with E-state index in [1.165, 1.54) is 12.0 Å². The lowest BCUT2D eigenvalue weighted by Crippen LogP contribution is -2.49. The molecule has 2 aliphatic rings. The minimum Gasteiger partial charge on any atom is -0.447 e. The Morgan fingerprint density at radius 1 is 1.15 bits per heavy atom. The molecule has 0 N–H and O–H groups in total. The van der Waals surface area contributed by atoms with Crippen molar-refractivity contribution >= 4 is 6.09 Å². The predicted octanol–water partition coefficient (Wildman–Crippen LogP) is 3.20. The Morgan fingerprint density at radius 2 is 1.85 bits per heavy atom. The average molecular weight is 360 g/mol. The SMILES string of the molecule is CC(C)OC(=O)N(C)[C@@H]1CC[C@H](N2CCN(Cc3ccccc3)CC2)C1. The van der Waals surface area contributed by atoms with Gasteiger partial charge >= 0.3 is 6.09 Å². The average Bonchev–Trinajstić information content (AvgIpc) is 3.12. The monoisotopic (exact) mass is 359 g/mol. The van der Waals surface area contributed by atoms with Crippen LogP contribution in [-0.4, -0.2) is 72.2 Å². The molecule has 0 aromatic heterocycles. The summed E-state index contributed by atoms with van der Waals surface area (Å²) in [6.45, 7) is 9.36. The second-order valence-corrected chi connectivity index (χ2v) is 7.96. The molecule has 0 radical (unpaired) electrons. The van der Waals surface area contributed by atoms with Crippen molar-refractivity contribution in [3.63, 3.8) is 0 Å². The third-order valence-corrected chi connectivity index (χ3v) is 5.72. The van der Waals surface area contributed by atoms with Gasteiger partial charge in [-0.25, -0.2) is 4.79 Å². The van der Waals surface area contributed by atoms with E-state index in [1.807, 2.05) is 25.8 Å². The third-order valence-electron chi connectivity index (χ3n) is 5.72. The maximum atomic E-state index is 12.1. The molecule has 1 aliphatic carbocycles. The Hall–Kier alpha value is -1.59. The highest BCUT2D eigenvalue weighted by molar-refractivity contribution is 5.67. The molecule has 144 valence electrons. The van der Waals surface area contributed by atoms with Crippen LogP contribution < -0.4 is 0 Å². The normalized spacial score (nSPS) is 24.8. The molecule has 2 fully saturated rings. The van der Waals surface area contributed by atoms with E-state index in [9.17, 15) is 4.79 Å². The minimum atomic E-state index is -0.182. The van der Waals surface area contributed by atoms with Crippen LogP contribution in [0, 0.1) is 0 Å². The second-order valence-electron chi connectivity index (χ2n) is 7.96. The highest BCUT2D eigenvalue weighted by Crippen LogP contribution is 2.28. The molecule has 26 heavy (non-hydrogen) atoms. The van der Waals surface area contributed by atoms with E-state index in [1.54, 1.807) is 0 Å². The number of amides is 1. The lowest BCUT2D eigenvalue weighted by Gasteiger charge is -2.38. The summed E-state index contributed by atoms with van der Waals surface area (Å²) in [6, 6.07) is 11.6. The number of nitrogens with zero attached hydrogens (tertiary/aromatic N) is 3. The van der Waals surface area contributed by atoms with Crippen molar-refractivity contribution in [2.24, 2.45) is 0 Å². The Labute approximate surface area is 157 Å². The molecule has 0 bridgehead atoms. The van der Waals surface area contributed by atoms with Gasteiger partial charge in [-0.1, -0.05) is 30.3 Å². The Balaban J connectivity index is 1.43. The largest absolute Gasteiger partial charge is 0.447 e. The molecule has 3 rings (SSSR count). The fourth-order valence-corrected chi connectivity index (χ4v) is 4.18. The van der Waals surface area contributed by atoms with E-state index < -0.39 is 0 Å². The highest BCUT2D eigenvalue weighted by Gasteiger charge is 2.34. The molecule has 1 heterocycles. The lowest BCUT2D eigenvalue weighted by molar-refractivity contribution is 0.0678. The molecule has 5 nitrogen and oxygen atoms in total. The van der Waals surface area contributed by atoms with E-state index in [-0.39, 0.29) is 12.2 Å². The van der Waals surface area contributed by atoms with Crippen molar-refractivity contribution < 1.29 is 9.53 Å². The van der Waals surface area contributed by atoms with E-state index in [0.717, 1.165) is 45.6 Å². The first-order chi connectivity index (χ1) is 12.5. The summed E-state index contributed by atoms with van der Waals surface area (Å²) in [5, 5.41) is 0. The van der Waals surface area contributed by atoms with Gasteiger partial charge in [0.15, 0.2) is 0 Å². The van der Waals surface area contributed by atoms with E-state index in [0.29, 0.717) is 12.1 Å². The first-order valence-electron chi connectivity index (χ1n) is 9.96. The van der Waals surface area contributed by atoms with Gasteiger partial charge in [0.05, 0.1) is 6.10 Å². The van der Waals surface area contributed by atoms with Gasteiger partial charge in [0.1, 0.15) is 0 Å². The van der Waals surface area contributed by atoms with Crippen LogP contribution in [0.25, 0.3) is 0 Å². The number of rotatable bonds is 5. The topological polar surface area (TPSA) is 36.0 Å². The van der Waals surface area contributed by atoms with Crippen molar-refractivity contribution in [3.8, 4) is 0 Å². The second kappa shape index (κ2) is 8.87. The molecule has 1 aliphatic heterocycles. The van der Waals surface area contributed by atoms with Crippen LogP contribution in [0.1, 0.15) is 38.7 Å². The fraction of sp³-hybridized carbons (Fsp3) is 0.667. The van der Waals surface area contributed by atoms with Crippen LogP contribution in [-0.2, 0) is 11.3 Å². The van der Waals surface area contributed by atoms with Gasteiger partial charge in [0.25, 0.3) is 0 Å². The number of carbonyl (C=O) groups is 1. The number of hydrogen-bond donors (Lipinski definition) is 0. The van der Waals surface area contributed by atoms with E-state index in [4.69, 9.17) is 4.74 Å². The first kappa shape index (κ1) is 19.2. The number of benzene rings is 1. The molecule has 0 spiro atoms. The summed E-state index contributed by atoms with van der Waals surface area (Å²) in [5.74, 6) is 0. The van der Waals surface area contributed by atoms with Gasteiger partial charge < -0.3 is 9.64 Å². The third kappa shape index (κ3) is 4.98. The Kier molecular flexibility index (Phi) is 6.54.